The van der Waals surface area contributed by atoms with E-state index in [-0.39, 0.29) is 0 Å². The molecule has 3 aromatic rings. The van der Waals surface area contributed by atoms with Crippen molar-refractivity contribution in [1.82, 2.24) is 4.98 Å². The molecular formula is C18H17NO. The molecule has 0 radical (unpaired) electrons. The second-order valence-electron chi connectivity index (χ2n) is 4.82. The van der Waals surface area contributed by atoms with Crippen molar-refractivity contribution in [2.75, 3.05) is 6.61 Å². The van der Waals surface area contributed by atoms with E-state index in [4.69, 9.17) is 4.74 Å². The lowest BCUT2D eigenvalue weighted by Gasteiger charge is -2.11. The molecule has 0 aliphatic heterocycles. The summed E-state index contributed by atoms with van der Waals surface area (Å²) in [4.78, 5) is 4.18. The van der Waals surface area contributed by atoms with Crippen LogP contribution in [0.2, 0.25) is 0 Å². The first-order chi connectivity index (χ1) is 9.79. The maximum absolute atomic E-state index is 5.60. The molecule has 0 fully saturated rings. The van der Waals surface area contributed by atoms with Crippen molar-refractivity contribution in [3.05, 3.63) is 60.4 Å². The van der Waals surface area contributed by atoms with Gasteiger partial charge in [0.1, 0.15) is 5.75 Å². The van der Waals surface area contributed by atoms with Crippen LogP contribution in [0.4, 0.5) is 0 Å². The Hall–Kier alpha value is -2.35. The third-order valence-corrected chi connectivity index (χ3v) is 3.47. The second-order valence-corrected chi connectivity index (χ2v) is 4.82. The third-order valence-electron chi connectivity index (χ3n) is 3.47. The highest BCUT2D eigenvalue weighted by Crippen LogP contribution is 2.31. The van der Waals surface area contributed by atoms with Crippen molar-refractivity contribution in [2.24, 2.45) is 0 Å². The Morgan fingerprint density at radius 3 is 2.80 bits per heavy atom. The minimum atomic E-state index is 0.695. The molecule has 0 aliphatic rings. The van der Waals surface area contributed by atoms with Gasteiger partial charge in [-0.15, -0.1) is 0 Å². The standard InChI is InChI=1S/C18H17NO/c1-3-20-18-8-7-14(11-13(18)2)16-6-4-5-15-12-19-10-9-17(15)16/h4-12H,3H2,1-2H3. The SMILES string of the molecule is CCOc1ccc(-c2cccc3cnccc23)cc1C. The molecule has 0 aliphatic carbocycles. The van der Waals surface area contributed by atoms with E-state index in [1.807, 2.05) is 25.4 Å². The maximum atomic E-state index is 5.60. The van der Waals surface area contributed by atoms with Crippen molar-refractivity contribution in [1.29, 1.82) is 0 Å². The molecular weight excluding hydrogens is 246 g/mol. The predicted octanol–water partition coefficient (Wildman–Crippen LogP) is 4.61. The quantitative estimate of drug-likeness (QED) is 0.688. The number of ether oxygens (including phenoxy) is 1. The van der Waals surface area contributed by atoms with Crippen LogP contribution in [0.1, 0.15) is 12.5 Å². The molecule has 2 nitrogen and oxygen atoms in total. The van der Waals surface area contributed by atoms with E-state index in [0.717, 1.165) is 16.7 Å². The van der Waals surface area contributed by atoms with Crippen molar-refractivity contribution < 1.29 is 4.74 Å². The van der Waals surface area contributed by atoms with E-state index in [9.17, 15) is 0 Å². The van der Waals surface area contributed by atoms with Crippen molar-refractivity contribution in [3.8, 4) is 16.9 Å². The van der Waals surface area contributed by atoms with Crippen molar-refractivity contribution >= 4 is 10.8 Å². The minimum Gasteiger partial charge on any atom is -0.494 e. The number of hydrogen-bond acceptors (Lipinski definition) is 2. The number of pyridine rings is 1. The van der Waals surface area contributed by atoms with E-state index < -0.39 is 0 Å². The predicted molar refractivity (Wildman–Crippen MR) is 83.1 cm³/mol. The minimum absolute atomic E-state index is 0.695. The van der Waals surface area contributed by atoms with Gasteiger partial charge in [0.15, 0.2) is 0 Å². The Bertz CT molecular complexity index is 744. The summed E-state index contributed by atoms with van der Waals surface area (Å²) in [5.74, 6) is 0.957. The highest BCUT2D eigenvalue weighted by Gasteiger charge is 2.06. The topological polar surface area (TPSA) is 22.1 Å². The van der Waals surface area contributed by atoms with Gasteiger partial charge in [0.25, 0.3) is 0 Å². The molecule has 3 rings (SSSR count). The van der Waals surface area contributed by atoms with E-state index in [2.05, 4.69) is 48.3 Å². The van der Waals surface area contributed by atoms with Crippen LogP contribution < -0.4 is 4.74 Å². The fourth-order valence-electron chi connectivity index (χ4n) is 2.51. The van der Waals surface area contributed by atoms with Crippen LogP contribution in [0.5, 0.6) is 5.75 Å². The van der Waals surface area contributed by atoms with Crippen LogP contribution in [0, 0.1) is 6.92 Å². The Morgan fingerprint density at radius 2 is 2.00 bits per heavy atom. The lowest BCUT2D eigenvalue weighted by atomic mass is 9.98. The number of fused-ring (bicyclic) bond motifs is 1. The van der Waals surface area contributed by atoms with Gasteiger partial charge in [-0.3, -0.25) is 4.98 Å². The van der Waals surface area contributed by atoms with E-state index in [1.54, 1.807) is 0 Å². The first kappa shape index (κ1) is 12.7. The van der Waals surface area contributed by atoms with Crippen LogP contribution in [0.25, 0.3) is 21.9 Å². The molecule has 20 heavy (non-hydrogen) atoms. The van der Waals surface area contributed by atoms with Crippen molar-refractivity contribution in [3.63, 3.8) is 0 Å². The van der Waals surface area contributed by atoms with Crippen LogP contribution in [0.3, 0.4) is 0 Å². The zero-order valence-electron chi connectivity index (χ0n) is 11.8. The van der Waals surface area contributed by atoms with E-state index in [0.29, 0.717) is 6.61 Å². The average Bonchev–Trinajstić information content (AvgIpc) is 2.49. The van der Waals surface area contributed by atoms with Crippen LogP contribution in [-0.2, 0) is 0 Å². The zero-order valence-corrected chi connectivity index (χ0v) is 11.8. The van der Waals surface area contributed by atoms with Gasteiger partial charge in [-0.25, -0.2) is 0 Å². The summed E-state index contributed by atoms with van der Waals surface area (Å²) < 4.78 is 5.60. The van der Waals surface area contributed by atoms with Crippen LogP contribution in [-0.4, -0.2) is 11.6 Å². The lowest BCUT2D eigenvalue weighted by Crippen LogP contribution is -1.94. The molecule has 0 atom stereocenters. The van der Waals surface area contributed by atoms with Crippen molar-refractivity contribution in [2.45, 2.75) is 13.8 Å². The summed E-state index contributed by atoms with van der Waals surface area (Å²) in [5, 5.41) is 2.39. The Labute approximate surface area is 119 Å². The molecule has 0 N–H and O–H groups in total. The van der Waals surface area contributed by atoms with Crippen LogP contribution >= 0.6 is 0 Å². The Morgan fingerprint density at radius 1 is 1.10 bits per heavy atom. The molecule has 0 spiro atoms. The summed E-state index contributed by atoms with van der Waals surface area (Å²) in [5.41, 5.74) is 3.61. The number of nitrogens with zero attached hydrogens (tertiary/aromatic N) is 1. The molecule has 2 heteroatoms. The normalized spacial score (nSPS) is 10.7. The smallest absolute Gasteiger partial charge is 0.122 e. The van der Waals surface area contributed by atoms with E-state index >= 15 is 0 Å². The Balaban J connectivity index is 2.14. The zero-order chi connectivity index (χ0) is 13.9. The highest BCUT2D eigenvalue weighted by molar-refractivity contribution is 5.96. The second kappa shape index (κ2) is 5.33. The monoisotopic (exact) mass is 263 g/mol. The molecule has 2 aromatic carbocycles. The lowest BCUT2D eigenvalue weighted by molar-refractivity contribution is 0.338. The molecule has 0 amide bonds. The molecule has 0 bridgehead atoms. The van der Waals surface area contributed by atoms with Gasteiger partial charge in [0.2, 0.25) is 0 Å². The van der Waals surface area contributed by atoms with Gasteiger partial charge in [0.05, 0.1) is 6.61 Å². The fraction of sp³-hybridized carbons (Fsp3) is 0.167. The summed E-state index contributed by atoms with van der Waals surface area (Å²) in [6.45, 7) is 4.78. The van der Waals surface area contributed by atoms with Gasteiger partial charge >= 0.3 is 0 Å². The number of hydrogen-bond donors (Lipinski definition) is 0. The van der Waals surface area contributed by atoms with Gasteiger partial charge in [-0.05, 0) is 54.1 Å². The fourth-order valence-corrected chi connectivity index (χ4v) is 2.51. The molecule has 1 aromatic heterocycles. The molecule has 0 unspecified atom stereocenters. The summed E-state index contributed by atoms with van der Waals surface area (Å²) >= 11 is 0. The number of benzene rings is 2. The number of rotatable bonds is 3. The highest BCUT2D eigenvalue weighted by atomic mass is 16.5. The number of aryl methyl sites for hydroxylation is 1. The van der Waals surface area contributed by atoms with Gasteiger partial charge in [-0.2, -0.15) is 0 Å². The van der Waals surface area contributed by atoms with Gasteiger partial charge < -0.3 is 4.74 Å². The summed E-state index contributed by atoms with van der Waals surface area (Å²) in [6, 6.07) is 14.7. The maximum Gasteiger partial charge on any atom is 0.122 e. The van der Waals surface area contributed by atoms with Gasteiger partial charge in [-0.1, -0.05) is 24.3 Å². The molecule has 0 saturated carbocycles. The molecule has 1 heterocycles. The third kappa shape index (κ3) is 2.25. The summed E-state index contributed by atoms with van der Waals surface area (Å²) in [7, 11) is 0. The van der Waals surface area contributed by atoms with Crippen LogP contribution in [0.15, 0.2) is 54.9 Å². The Kier molecular flexibility index (Phi) is 3.38. The largest absolute Gasteiger partial charge is 0.494 e. The summed E-state index contributed by atoms with van der Waals surface area (Å²) in [6.07, 6.45) is 3.74. The van der Waals surface area contributed by atoms with E-state index in [1.165, 1.54) is 16.5 Å². The average molecular weight is 263 g/mol. The number of aromatic nitrogens is 1. The van der Waals surface area contributed by atoms with Gasteiger partial charge in [0, 0.05) is 17.8 Å². The molecule has 100 valence electrons. The molecule has 0 saturated heterocycles. The first-order valence-electron chi connectivity index (χ1n) is 6.86. The first-order valence-corrected chi connectivity index (χ1v) is 6.86.